The Morgan fingerprint density at radius 3 is 2.50 bits per heavy atom. The maximum absolute atomic E-state index is 12.1. The number of benzene rings is 1. The lowest BCUT2D eigenvalue weighted by Crippen LogP contribution is -2.44. The van der Waals surface area contributed by atoms with E-state index in [0.717, 1.165) is 18.7 Å². The second-order valence-electron chi connectivity index (χ2n) is 5.49. The van der Waals surface area contributed by atoms with Gasteiger partial charge >= 0.3 is 6.03 Å². The van der Waals surface area contributed by atoms with Gasteiger partial charge in [-0.3, -0.25) is 4.90 Å². The zero-order valence-electron chi connectivity index (χ0n) is 12.7. The molecule has 1 aliphatic heterocycles. The van der Waals surface area contributed by atoms with E-state index in [1.165, 1.54) is 19.3 Å². The quantitative estimate of drug-likeness (QED) is 0.843. The standard InChI is InChI=1S/C16H23ClFN3O/c17-14-6-4-13(5-7-14)15(21-10-2-1-3-11-21)12-20-16(22)19-9-8-18/h4-7,15H,1-3,8-12H2,(H2,19,20,22). The fourth-order valence-electron chi connectivity index (χ4n) is 2.79. The van der Waals surface area contributed by atoms with E-state index in [9.17, 15) is 9.18 Å². The highest BCUT2D eigenvalue weighted by molar-refractivity contribution is 6.30. The lowest BCUT2D eigenvalue weighted by molar-refractivity contribution is 0.160. The second kappa shape index (κ2) is 8.96. The van der Waals surface area contributed by atoms with Gasteiger partial charge in [0.25, 0.3) is 0 Å². The monoisotopic (exact) mass is 327 g/mol. The summed E-state index contributed by atoms with van der Waals surface area (Å²) in [5.41, 5.74) is 1.14. The maximum Gasteiger partial charge on any atom is 0.314 e. The number of amides is 2. The Balaban J connectivity index is 2.01. The van der Waals surface area contributed by atoms with E-state index in [4.69, 9.17) is 11.6 Å². The third-order valence-electron chi connectivity index (χ3n) is 3.92. The van der Waals surface area contributed by atoms with Crippen LogP contribution in [0.2, 0.25) is 5.02 Å². The highest BCUT2D eigenvalue weighted by Crippen LogP contribution is 2.25. The van der Waals surface area contributed by atoms with E-state index in [1.54, 1.807) is 0 Å². The highest BCUT2D eigenvalue weighted by Gasteiger charge is 2.22. The number of hydrogen-bond acceptors (Lipinski definition) is 2. The molecule has 122 valence electrons. The van der Waals surface area contributed by atoms with Gasteiger partial charge in [-0.1, -0.05) is 30.2 Å². The number of nitrogens with one attached hydrogen (secondary N) is 2. The molecular weight excluding hydrogens is 305 g/mol. The summed E-state index contributed by atoms with van der Waals surface area (Å²) in [5, 5.41) is 6.03. The van der Waals surface area contributed by atoms with Gasteiger partial charge in [0, 0.05) is 18.1 Å². The van der Waals surface area contributed by atoms with Crippen molar-refractivity contribution in [2.45, 2.75) is 25.3 Å². The van der Waals surface area contributed by atoms with Crippen molar-refractivity contribution in [2.75, 3.05) is 32.9 Å². The van der Waals surface area contributed by atoms with Gasteiger partial charge in [-0.05, 0) is 43.6 Å². The fourth-order valence-corrected chi connectivity index (χ4v) is 2.91. The van der Waals surface area contributed by atoms with Crippen molar-refractivity contribution in [2.24, 2.45) is 0 Å². The highest BCUT2D eigenvalue weighted by atomic mass is 35.5. The molecule has 0 aromatic heterocycles. The number of hydrogen-bond donors (Lipinski definition) is 2. The Kier molecular flexibility index (Phi) is 6.93. The molecule has 4 nitrogen and oxygen atoms in total. The maximum atomic E-state index is 12.1. The Morgan fingerprint density at radius 2 is 1.86 bits per heavy atom. The smallest absolute Gasteiger partial charge is 0.314 e. The SMILES string of the molecule is O=C(NCCF)NCC(c1ccc(Cl)cc1)N1CCCCC1. The van der Waals surface area contributed by atoms with Crippen molar-refractivity contribution in [3.63, 3.8) is 0 Å². The average Bonchev–Trinajstić information content (AvgIpc) is 2.55. The molecule has 1 unspecified atom stereocenters. The van der Waals surface area contributed by atoms with Crippen molar-refractivity contribution < 1.29 is 9.18 Å². The van der Waals surface area contributed by atoms with Gasteiger partial charge in [0.2, 0.25) is 0 Å². The van der Waals surface area contributed by atoms with Gasteiger partial charge in [-0.15, -0.1) is 0 Å². The zero-order chi connectivity index (χ0) is 15.8. The fraction of sp³-hybridized carbons (Fsp3) is 0.562. The number of nitrogens with zero attached hydrogens (tertiary/aromatic N) is 1. The van der Waals surface area contributed by atoms with Crippen molar-refractivity contribution in [1.29, 1.82) is 0 Å². The lowest BCUT2D eigenvalue weighted by Gasteiger charge is -2.35. The number of carbonyl (C=O) groups is 1. The molecule has 0 saturated carbocycles. The first-order valence-electron chi connectivity index (χ1n) is 7.78. The van der Waals surface area contributed by atoms with E-state index in [0.29, 0.717) is 11.6 Å². The third-order valence-corrected chi connectivity index (χ3v) is 4.17. The molecule has 2 N–H and O–H groups in total. The molecule has 0 aliphatic carbocycles. The average molecular weight is 328 g/mol. The number of urea groups is 1. The molecule has 22 heavy (non-hydrogen) atoms. The van der Waals surface area contributed by atoms with Crippen LogP contribution in [0.15, 0.2) is 24.3 Å². The molecule has 6 heteroatoms. The minimum atomic E-state index is -0.555. The van der Waals surface area contributed by atoms with Crippen molar-refractivity contribution in [1.82, 2.24) is 15.5 Å². The van der Waals surface area contributed by atoms with E-state index >= 15 is 0 Å². The van der Waals surface area contributed by atoms with Crippen LogP contribution >= 0.6 is 11.6 Å². The molecule has 1 aromatic carbocycles. The molecule has 0 bridgehead atoms. The first-order valence-corrected chi connectivity index (χ1v) is 8.15. The first kappa shape index (κ1) is 17.0. The second-order valence-corrected chi connectivity index (χ2v) is 5.93. The molecule has 1 saturated heterocycles. The van der Waals surface area contributed by atoms with Crippen molar-refractivity contribution in [3.05, 3.63) is 34.9 Å². The van der Waals surface area contributed by atoms with Gasteiger partial charge in [0.05, 0.1) is 6.04 Å². The Bertz CT molecular complexity index is 463. The van der Waals surface area contributed by atoms with Gasteiger partial charge < -0.3 is 10.6 Å². The molecule has 1 aliphatic rings. The molecule has 2 rings (SSSR count). The van der Waals surface area contributed by atoms with Crippen LogP contribution in [0.5, 0.6) is 0 Å². The van der Waals surface area contributed by atoms with Crippen molar-refractivity contribution >= 4 is 17.6 Å². The number of rotatable bonds is 6. The van der Waals surface area contributed by atoms with Crippen LogP contribution in [-0.4, -0.2) is 43.8 Å². The van der Waals surface area contributed by atoms with Gasteiger partial charge in [-0.25, -0.2) is 9.18 Å². The van der Waals surface area contributed by atoms with Crippen molar-refractivity contribution in [3.8, 4) is 0 Å². The van der Waals surface area contributed by atoms with E-state index < -0.39 is 6.67 Å². The molecule has 2 amide bonds. The van der Waals surface area contributed by atoms with Crippen LogP contribution in [0.1, 0.15) is 30.9 Å². The first-order chi connectivity index (χ1) is 10.7. The molecule has 0 radical (unpaired) electrons. The molecule has 1 aromatic rings. The number of carbonyl (C=O) groups excluding carboxylic acids is 1. The number of likely N-dealkylation sites (tertiary alicyclic amines) is 1. The minimum Gasteiger partial charge on any atom is -0.336 e. The van der Waals surface area contributed by atoms with Gasteiger partial charge in [0.1, 0.15) is 6.67 Å². The molecule has 1 fully saturated rings. The summed E-state index contributed by atoms with van der Waals surface area (Å²) in [6.45, 7) is 2.04. The van der Waals surface area contributed by atoms with E-state index in [-0.39, 0.29) is 18.6 Å². The predicted octanol–water partition coefficient (Wildman–Crippen LogP) is 3.14. The van der Waals surface area contributed by atoms with Crippen LogP contribution < -0.4 is 10.6 Å². The summed E-state index contributed by atoms with van der Waals surface area (Å²) in [5.74, 6) is 0. The molecule has 1 heterocycles. The predicted molar refractivity (Wildman–Crippen MR) is 87.0 cm³/mol. The molecular formula is C16H23ClFN3O. The Morgan fingerprint density at radius 1 is 1.18 bits per heavy atom. The zero-order valence-corrected chi connectivity index (χ0v) is 13.4. The van der Waals surface area contributed by atoms with Crippen LogP contribution in [-0.2, 0) is 0 Å². The summed E-state index contributed by atoms with van der Waals surface area (Å²) < 4.78 is 12.1. The normalized spacial score (nSPS) is 17.0. The summed E-state index contributed by atoms with van der Waals surface area (Å²) in [7, 11) is 0. The summed E-state index contributed by atoms with van der Waals surface area (Å²) in [6.07, 6.45) is 3.62. The van der Waals surface area contributed by atoms with Gasteiger partial charge in [0.15, 0.2) is 0 Å². The van der Waals surface area contributed by atoms with Crippen LogP contribution in [0.4, 0.5) is 9.18 Å². The lowest BCUT2D eigenvalue weighted by atomic mass is 10.0. The third kappa shape index (κ3) is 5.14. The summed E-state index contributed by atoms with van der Waals surface area (Å²) in [4.78, 5) is 14.0. The number of halogens is 2. The largest absolute Gasteiger partial charge is 0.336 e. The van der Waals surface area contributed by atoms with Crippen LogP contribution in [0.25, 0.3) is 0 Å². The summed E-state index contributed by atoms with van der Waals surface area (Å²) >= 11 is 5.96. The number of alkyl halides is 1. The van der Waals surface area contributed by atoms with Gasteiger partial charge in [-0.2, -0.15) is 0 Å². The molecule has 1 atom stereocenters. The van der Waals surface area contributed by atoms with Crippen LogP contribution in [0.3, 0.4) is 0 Å². The Hall–Kier alpha value is -1.33. The summed E-state index contributed by atoms with van der Waals surface area (Å²) in [6, 6.07) is 7.54. The molecule has 0 spiro atoms. The Labute approximate surface area is 136 Å². The van der Waals surface area contributed by atoms with E-state index in [2.05, 4.69) is 15.5 Å². The number of piperidine rings is 1. The van der Waals surface area contributed by atoms with Crippen LogP contribution in [0, 0.1) is 0 Å². The topological polar surface area (TPSA) is 44.4 Å². The van der Waals surface area contributed by atoms with E-state index in [1.807, 2.05) is 24.3 Å². The minimum absolute atomic E-state index is 0.0428.